The largest absolute Gasteiger partial charge is 0.477 e. The van der Waals surface area contributed by atoms with Gasteiger partial charge in [-0.25, -0.2) is 18.6 Å². The van der Waals surface area contributed by atoms with Gasteiger partial charge in [0.25, 0.3) is 0 Å². The Morgan fingerprint density at radius 2 is 1.90 bits per heavy atom. The van der Waals surface area contributed by atoms with Crippen LogP contribution in [0, 0.1) is 11.6 Å². The summed E-state index contributed by atoms with van der Waals surface area (Å²) in [6.45, 7) is 0.639. The fourth-order valence-electron chi connectivity index (χ4n) is 3.35. The lowest BCUT2D eigenvalue weighted by Crippen LogP contribution is -2.56. The van der Waals surface area contributed by atoms with Crippen molar-refractivity contribution >= 4 is 51.6 Å². The van der Waals surface area contributed by atoms with Crippen molar-refractivity contribution in [2.24, 2.45) is 5.73 Å². The smallest absolute Gasteiger partial charge is 0.341 e. The van der Waals surface area contributed by atoms with E-state index in [0.29, 0.717) is 13.1 Å². The molecule has 1 fully saturated rings. The molecule has 0 radical (unpaired) electrons. The average Bonchev–Trinajstić information content (AvgIpc) is 2.64. The lowest BCUT2D eigenvalue weighted by Gasteiger charge is -2.39. The van der Waals surface area contributed by atoms with Crippen molar-refractivity contribution < 1.29 is 18.7 Å². The topological polar surface area (TPSA) is 127 Å². The lowest BCUT2D eigenvalue weighted by molar-refractivity contribution is 0.0695. The molecule has 12 heteroatoms. The number of halogens is 4. The number of aromatic carboxylic acids is 1. The van der Waals surface area contributed by atoms with Crippen LogP contribution in [0.3, 0.4) is 0 Å². The summed E-state index contributed by atoms with van der Waals surface area (Å²) in [5.41, 5.74) is 9.54. The Balaban J connectivity index is 2.14. The molecule has 1 aliphatic rings. The maximum absolute atomic E-state index is 14.8. The monoisotopic (exact) mass is 455 g/mol. The summed E-state index contributed by atoms with van der Waals surface area (Å²) in [5, 5.41) is 8.66. The van der Waals surface area contributed by atoms with Crippen LogP contribution in [-0.4, -0.2) is 39.8 Å². The average molecular weight is 456 g/mol. The summed E-state index contributed by atoms with van der Waals surface area (Å²) < 4.78 is 30.5. The highest BCUT2D eigenvalue weighted by atomic mass is 35.5. The van der Waals surface area contributed by atoms with Gasteiger partial charge in [0, 0.05) is 31.4 Å². The van der Waals surface area contributed by atoms with Gasteiger partial charge < -0.3 is 21.5 Å². The zero-order valence-corrected chi connectivity index (χ0v) is 16.5. The number of nitrogen functional groups attached to an aromatic ring is 1. The van der Waals surface area contributed by atoms with Crippen LogP contribution in [-0.2, 0) is 0 Å². The van der Waals surface area contributed by atoms with Crippen molar-refractivity contribution in [3.05, 3.63) is 55.8 Å². The SMILES string of the molecule is Nc1nc(-n2cc(C(=O)O)c(=O)c3cc(F)c(N4CC(N)C4)c(Cl)c32)c(F)cc1Cl. The van der Waals surface area contributed by atoms with Gasteiger partial charge in [-0.2, -0.15) is 0 Å². The summed E-state index contributed by atoms with van der Waals surface area (Å²) in [6, 6.07) is 1.57. The van der Waals surface area contributed by atoms with Crippen LogP contribution >= 0.6 is 23.2 Å². The van der Waals surface area contributed by atoms with Gasteiger partial charge in [0.15, 0.2) is 11.6 Å². The Morgan fingerprint density at radius 1 is 1.23 bits per heavy atom. The third-order valence-corrected chi connectivity index (χ3v) is 5.44. The van der Waals surface area contributed by atoms with Gasteiger partial charge in [0.2, 0.25) is 5.43 Å². The summed E-state index contributed by atoms with van der Waals surface area (Å²) in [5.74, 6) is -4.07. The maximum atomic E-state index is 14.8. The van der Waals surface area contributed by atoms with E-state index in [1.165, 1.54) is 0 Å². The quantitative estimate of drug-likeness (QED) is 0.552. The third kappa shape index (κ3) is 3.04. The number of pyridine rings is 2. The molecule has 0 spiro atoms. The number of nitrogens with two attached hydrogens (primary N) is 2. The van der Waals surface area contributed by atoms with Crippen molar-refractivity contribution in [3.8, 4) is 5.82 Å². The second-order valence-corrected chi connectivity index (χ2v) is 7.58. The van der Waals surface area contributed by atoms with E-state index in [1.807, 2.05) is 0 Å². The van der Waals surface area contributed by atoms with Crippen molar-refractivity contribution in [1.82, 2.24) is 9.55 Å². The first-order chi connectivity index (χ1) is 14.1. The number of benzene rings is 1. The Kier molecular flexibility index (Phi) is 4.80. The molecule has 1 saturated heterocycles. The van der Waals surface area contributed by atoms with Crippen LogP contribution < -0.4 is 21.8 Å². The number of nitrogens with zero attached hydrogens (tertiary/aromatic N) is 3. The number of hydrogen-bond acceptors (Lipinski definition) is 6. The molecule has 8 nitrogen and oxygen atoms in total. The van der Waals surface area contributed by atoms with Crippen molar-refractivity contribution in [2.75, 3.05) is 23.7 Å². The highest BCUT2D eigenvalue weighted by molar-refractivity contribution is 6.38. The lowest BCUT2D eigenvalue weighted by atomic mass is 10.1. The van der Waals surface area contributed by atoms with Crippen molar-refractivity contribution in [1.29, 1.82) is 0 Å². The maximum Gasteiger partial charge on any atom is 0.341 e. The fourth-order valence-corrected chi connectivity index (χ4v) is 3.89. The first-order valence-corrected chi connectivity index (χ1v) is 9.28. The second kappa shape index (κ2) is 7.08. The van der Waals surface area contributed by atoms with Crippen LogP contribution in [0.5, 0.6) is 0 Å². The first-order valence-electron chi connectivity index (χ1n) is 8.53. The van der Waals surface area contributed by atoms with Gasteiger partial charge in [-0.15, -0.1) is 0 Å². The summed E-state index contributed by atoms with van der Waals surface area (Å²) in [7, 11) is 0. The van der Waals surface area contributed by atoms with Gasteiger partial charge in [-0.3, -0.25) is 9.36 Å². The number of anilines is 2. The zero-order chi connectivity index (χ0) is 21.9. The van der Waals surface area contributed by atoms with Gasteiger partial charge in [0.1, 0.15) is 17.2 Å². The van der Waals surface area contributed by atoms with Crippen LogP contribution in [0.25, 0.3) is 16.7 Å². The van der Waals surface area contributed by atoms with Gasteiger partial charge >= 0.3 is 5.97 Å². The summed E-state index contributed by atoms with van der Waals surface area (Å²) in [6.07, 6.45) is 0.862. The minimum absolute atomic E-state index is 0.0376. The van der Waals surface area contributed by atoms with Crippen LogP contribution in [0.1, 0.15) is 10.4 Å². The third-order valence-electron chi connectivity index (χ3n) is 4.78. The van der Waals surface area contributed by atoms with E-state index in [-0.39, 0.29) is 38.5 Å². The molecular weight excluding hydrogens is 443 g/mol. The zero-order valence-electron chi connectivity index (χ0n) is 15.0. The highest BCUT2D eigenvalue weighted by Crippen LogP contribution is 2.38. The Bertz CT molecular complexity index is 1290. The molecule has 2 aromatic heterocycles. The molecule has 0 aliphatic carbocycles. The molecule has 4 rings (SSSR count). The fraction of sp³-hybridized carbons (Fsp3) is 0.167. The molecular formula is C18H13Cl2F2N5O3. The van der Waals surface area contributed by atoms with Gasteiger partial charge in [-0.1, -0.05) is 23.2 Å². The minimum Gasteiger partial charge on any atom is -0.477 e. The molecule has 0 bridgehead atoms. The minimum atomic E-state index is -1.59. The number of aromatic nitrogens is 2. The van der Waals surface area contributed by atoms with Gasteiger partial charge in [-0.05, 0) is 6.07 Å². The van der Waals surface area contributed by atoms with E-state index < -0.39 is 34.4 Å². The Morgan fingerprint density at radius 3 is 2.50 bits per heavy atom. The van der Waals surface area contributed by atoms with E-state index in [9.17, 15) is 23.5 Å². The molecule has 0 saturated carbocycles. The normalized spacial score (nSPS) is 14.2. The molecule has 1 aliphatic heterocycles. The molecule has 3 heterocycles. The van der Waals surface area contributed by atoms with E-state index in [4.69, 9.17) is 34.7 Å². The van der Waals surface area contributed by atoms with E-state index in [0.717, 1.165) is 22.9 Å². The molecule has 0 amide bonds. The van der Waals surface area contributed by atoms with Crippen LogP contribution in [0.15, 0.2) is 23.1 Å². The highest BCUT2D eigenvalue weighted by Gasteiger charge is 2.31. The standard InChI is InChI=1S/C18H13Cl2F2N5O3/c19-9-2-11(22)17(25-16(9)24)27-5-8(18(29)30)15(28)7-1-10(21)14(12(20)13(7)27)26-3-6(23)4-26/h1-2,5-6H,3-4,23H2,(H2,24,25)(H,29,30). The van der Waals surface area contributed by atoms with Crippen LogP contribution in [0.4, 0.5) is 20.3 Å². The van der Waals surface area contributed by atoms with Crippen molar-refractivity contribution in [2.45, 2.75) is 6.04 Å². The Labute approximate surface area is 177 Å². The number of carbonyl (C=O) groups is 1. The Hall–Kier alpha value is -2.95. The molecule has 0 atom stereocenters. The molecule has 156 valence electrons. The van der Waals surface area contributed by atoms with E-state index >= 15 is 0 Å². The molecule has 3 aromatic rings. The molecule has 30 heavy (non-hydrogen) atoms. The predicted molar refractivity (Wildman–Crippen MR) is 109 cm³/mol. The van der Waals surface area contributed by atoms with Crippen LogP contribution in [0.2, 0.25) is 10.0 Å². The number of carboxylic acid groups (broad SMARTS) is 1. The number of hydrogen-bond donors (Lipinski definition) is 3. The van der Waals surface area contributed by atoms with Crippen molar-refractivity contribution in [3.63, 3.8) is 0 Å². The summed E-state index contributed by atoms with van der Waals surface area (Å²) >= 11 is 12.2. The summed E-state index contributed by atoms with van der Waals surface area (Å²) in [4.78, 5) is 29.7. The molecule has 0 unspecified atom stereocenters. The second-order valence-electron chi connectivity index (χ2n) is 6.79. The molecule has 5 N–H and O–H groups in total. The first kappa shape index (κ1) is 20.3. The number of carboxylic acids is 1. The van der Waals surface area contributed by atoms with Gasteiger partial charge in [0.05, 0.1) is 26.6 Å². The molecule has 1 aromatic carbocycles. The van der Waals surface area contributed by atoms with E-state index in [1.54, 1.807) is 4.90 Å². The number of rotatable bonds is 3. The predicted octanol–water partition coefficient (Wildman–Crippen LogP) is 2.40. The number of fused-ring (bicyclic) bond motifs is 1. The van der Waals surface area contributed by atoms with E-state index in [2.05, 4.69) is 4.98 Å².